The molecule has 0 fully saturated rings. The van der Waals surface area contributed by atoms with Gasteiger partial charge in [0.25, 0.3) is 0 Å². The molecule has 1 aromatic heterocycles. The van der Waals surface area contributed by atoms with Gasteiger partial charge in [-0.1, -0.05) is 48.5 Å². The highest BCUT2D eigenvalue weighted by atomic mass is 16.5. The minimum Gasteiger partial charge on any atom is -0.456 e. The highest BCUT2D eigenvalue weighted by Gasteiger charge is 2.01. The number of esters is 1. The van der Waals surface area contributed by atoms with Gasteiger partial charge >= 0.3 is 5.97 Å². The Balaban J connectivity index is 1.69. The molecule has 0 atom stereocenters. The van der Waals surface area contributed by atoms with Crippen LogP contribution in [0.25, 0.3) is 16.8 Å². The van der Waals surface area contributed by atoms with Crippen LogP contribution in [-0.4, -0.2) is 11.0 Å². The largest absolute Gasteiger partial charge is 0.456 e. The Morgan fingerprint density at radius 3 is 2.68 bits per heavy atom. The average Bonchev–Trinajstić information content (AvgIpc) is 2.59. The minimum atomic E-state index is -0.376. The van der Waals surface area contributed by atoms with Crippen molar-refractivity contribution < 1.29 is 9.53 Å². The molecule has 0 N–H and O–H groups in total. The number of nitrogens with zero attached hydrogens (tertiary/aromatic N) is 1. The van der Waals surface area contributed by atoms with E-state index >= 15 is 0 Å². The third-order valence-corrected chi connectivity index (χ3v) is 3.31. The molecule has 0 aliphatic carbocycles. The van der Waals surface area contributed by atoms with Gasteiger partial charge < -0.3 is 4.74 Å². The molecule has 0 aliphatic rings. The lowest BCUT2D eigenvalue weighted by Crippen LogP contribution is -2.01. The molecule has 3 aromatic rings. The van der Waals surface area contributed by atoms with E-state index in [1.165, 1.54) is 6.08 Å². The summed E-state index contributed by atoms with van der Waals surface area (Å²) in [6.07, 6.45) is 4.91. The van der Waals surface area contributed by atoms with E-state index in [4.69, 9.17) is 4.74 Å². The Kier molecular flexibility index (Phi) is 4.25. The lowest BCUT2D eigenvalue weighted by Gasteiger charge is -2.02. The van der Waals surface area contributed by atoms with Crippen molar-refractivity contribution in [1.82, 2.24) is 4.98 Å². The highest BCUT2D eigenvalue weighted by Crippen LogP contribution is 2.19. The third-order valence-electron chi connectivity index (χ3n) is 3.31. The van der Waals surface area contributed by atoms with E-state index in [-0.39, 0.29) is 12.6 Å². The number of hydrogen-bond donors (Lipinski definition) is 0. The van der Waals surface area contributed by atoms with Crippen LogP contribution in [0, 0.1) is 0 Å². The zero-order valence-corrected chi connectivity index (χ0v) is 12.0. The molecule has 22 heavy (non-hydrogen) atoms. The van der Waals surface area contributed by atoms with Crippen LogP contribution in [0.15, 0.2) is 72.9 Å². The van der Waals surface area contributed by atoms with Crippen molar-refractivity contribution in [3.05, 3.63) is 84.2 Å². The summed E-state index contributed by atoms with van der Waals surface area (Å²) in [6, 6.07) is 19.6. The predicted octanol–water partition coefficient (Wildman–Crippen LogP) is 3.99. The fraction of sp³-hybridized carbons (Fsp3) is 0.0526. The number of carbonyl (C=O) groups excluding carboxylic acids is 1. The van der Waals surface area contributed by atoms with Crippen molar-refractivity contribution in [3.63, 3.8) is 0 Å². The second kappa shape index (κ2) is 6.68. The maximum Gasteiger partial charge on any atom is 0.331 e. The Morgan fingerprint density at radius 2 is 1.82 bits per heavy atom. The zero-order valence-electron chi connectivity index (χ0n) is 12.0. The number of carbonyl (C=O) groups is 1. The van der Waals surface area contributed by atoms with Crippen LogP contribution in [0.3, 0.4) is 0 Å². The monoisotopic (exact) mass is 289 g/mol. The molecule has 0 aliphatic heterocycles. The number of fused-ring (bicyclic) bond motifs is 1. The molecule has 3 heteroatoms. The summed E-state index contributed by atoms with van der Waals surface area (Å²) in [5.41, 5.74) is 1.72. The first-order chi connectivity index (χ1) is 10.8. The Labute approximate surface area is 128 Å². The van der Waals surface area contributed by atoms with Crippen molar-refractivity contribution in [2.24, 2.45) is 0 Å². The molecule has 3 nitrogen and oxygen atoms in total. The molecular weight excluding hydrogens is 274 g/mol. The van der Waals surface area contributed by atoms with E-state index in [0.717, 1.165) is 22.0 Å². The number of ether oxygens (including phenoxy) is 1. The van der Waals surface area contributed by atoms with Crippen molar-refractivity contribution in [1.29, 1.82) is 0 Å². The van der Waals surface area contributed by atoms with Crippen LogP contribution in [0.2, 0.25) is 0 Å². The number of rotatable bonds is 4. The summed E-state index contributed by atoms with van der Waals surface area (Å²) in [5.74, 6) is -0.376. The van der Waals surface area contributed by atoms with Gasteiger partial charge in [0.15, 0.2) is 0 Å². The van der Waals surface area contributed by atoms with Gasteiger partial charge in [-0.2, -0.15) is 0 Å². The third kappa shape index (κ3) is 3.38. The van der Waals surface area contributed by atoms with Crippen LogP contribution < -0.4 is 0 Å². The average molecular weight is 289 g/mol. The quantitative estimate of drug-likeness (QED) is 0.538. The first-order valence-electron chi connectivity index (χ1n) is 7.05. The van der Waals surface area contributed by atoms with Crippen molar-refractivity contribution >= 4 is 22.8 Å². The maximum absolute atomic E-state index is 11.8. The Morgan fingerprint density at radius 1 is 1.00 bits per heavy atom. The van der Waals surface area contributed by atoms with Gasteiger partial charge in [0.1, 0.15) is 6.61 Å². The summed E-state index contributed by atoms with van der Waals surface area (Å²) in [6.45, 7) is 0.180. The first-order valence-corrected chi connectivity index (χ1v) is 7.05. The zero-order chi connectivity index (χ0) is 15.2. The van der Waals surface area contributed by atoms with E-state index in [2.05, 4.69) is 4.98 Å². The lowest BCUT2D eigenvalue weighted by molar-refractivity contribution is -0.139. The molecule has 2 aromatic carbocycles. The second-order valence-corrected chi connectivity index (χ2v) is 4.83. The molecule has 0 saturated heterocycles. The first kappa shape index (κ1) is 14.0. The van der Waals surface area contributed by atoms with Crippen LogP contribution in [0.4, 0.5) is 0 Å². The van der Waals surface area contributed by atoms with Crippen LogP contribution in [0.5, 0.6) is 0 Å². The number of pyridine rings is 1. The van der Waals surface area contributed by atoms with Crippen LogP contribution in [0.1, 0.15) is 11.3 Å². The molecule has 0 spiro atoms. The number of benzene rings is 2. The summed E-state index contributed by atoms with van der Waals surface area (Å²) in [5, 5.41) is 2.25. The van der Waals surface area contributed by atoms with Gasteiger partial charge in [0.05, 0.1) is 5.69 Å². The Bertz CT molecular complexity index is 805. The number of hydrogen-bond acceptors (Lipinski definition) is 3. The predicted molar refractivity (Wildman–Crippen MR) is 87.0 cm³/mol. The minimum absolute atomic E-state index is 0.180. The molecule has 0 saturated carbocycles. The van der Waals surface area contributed by atoms with E-state index < -0.39 is 0 Å². The van der Waals surface area contributed by atoms with Gasteiger partial charge in [-0.05, 0) is 34.5 Å². The van der Waals surface area contributed by atoms with Gasteiger partial charge in [0.2, 0.25) is 0 Å². The van der Waals surface area contributed by atoms with E-state index in [1.54, 1.807) is 12.3 Å². The summed E-state index contributed by atoms with van der Waals surface area (Å²) in [4.78, 5) is 15.9. The van der Waals surface area contributed by atoms with Crippen LogP contribution >= 0.6 is 0 Å². The van der Waals surface area contributed by atoms with E-state index in [1.807, 2.05) is 60.7 Å². The van der Waals surface area contributed by atoms with Gasteiger partial charge in [-0.15, -0.1) is 0 Å². The van der Waals surface area contributed by atoms with Gasteiger partial charge in [-0.25, -0.2) is 4.79 Å². The Hall–Kier alpha value is -2.94. The highest BCUT2D eigenvalue weighted by molar-refractivity contribution is 5.94. The topological polar surface area (TPSA) is 39.2 Å². The summed E-state index contributed by atoms with van der Waals surface area (Å²) < 4.78 is 5.17. The van der Waals surface area contributed by atoms with Gasteiger partial charge in [-0.3, -0.25) is 4.98 Å². The summed E-state index contributed by atoms with van der Waals surface area (Å²) in [7, 11) is 0. The molecule has 0 bridgehead atoms. The SMILES string of the molecule is O=C(/C=C/c1cccc2ccccc12)OCc1ccccn1. The molecule has 0 amide bonds. The summed E-state index contributed by atoms with van der Waals surface area (Å²) >= 11 is 0. The van der Waals surface area contributed by atoms with Crippen molar-refractivity contribution in [3.8, 4) is 0 Å². The molecule has 0 unspecified atom stereocenters. The molecule has 3 rings (SSSR count). The maximum atomic E-state index is 11.8. The fourth-order valence-corrected chi connectivity index (χ4v) is 2.23. The standard InChI is InChI=1S/C19H15NO2/c21-19(22-14-17-9-3-4-13-20-17)12-11-16-8-5-7-15-6-1-2-10-18(15)16/h1-13H,14H2/b12-11+. The van der Waals surface area contributed by atoms with Crippen LogP contribution in [-0.2, 0) is 16.1 Å². The molecule has 108 valence electrons. The number of aromatic nitrogens is 1. The lowest BCUT2D eigenvalue weighted by atomic mass is 10.0. The van der Waals surface area contributed by atoms with Gasteiger partial charge in [0, 0.05) is 12.3 Å². The normalized spacial score (nSPS) is 10.9. The van der Waals surface area contributed by atoms with Crippen molar-refractivity contribution in [2.45, 2.75) is 6.61 Å². The molecular formula is C19H15NO2. The van der Waals surface area contributed by atoms with Crippen molar-refractivity contribution in [2.75, 3.05) is 0 Å². The fourth-order valence-electron chi connectivity index (χ4n) is 2.23. The molecule has 0 radical (unpaired) electrons. The smallest absolute Gasteiger partial charge is 0.331 e. The molecule has 1 heterocycles. The second-order valence-electron chi connectivity index (χ2n) is 4.83. The van der Waals surface area contributed by atoms with E-state index in [9.17, 15) is 4.79 Å². The van der Waals surface area contributed by atoms with E-state index in [0.29, 0.717) is 0 Å².